The van der Waals surface area contributed by atoms with Crippen LogP contribution in [-0.4, -0.2) is 18.6 Å². The molecule has 0 saturated carbocycles. The molecule has 0 bridgehead atoms. The van der Waals surface area contributed by atoms with Gasteiger partial charge in [0.1, 0.15) is 0 Å². The van der Waals surface area contributed by atoms with Gasteiger partial charge in [-0.3, -0.25) is 4.98 Å². The van der Waals surface area contributed by atoms with Crippen molar-refractivity contribution < 1.29 is 0 Å². The number of hydrogen-bond acceptors (Lipinski definition) is 3. The fraction of sp³-hybridized carbons (Fsp3) is 0.167. The third-order valence-corrected chi connectivity index (χ3v) is 3.33. The first-order chi connectivity index (χ1) is 10.2. The standard InChI is InChI=1S/C9H14N2.C9H7N/c1-3-11(2)9-7-5-4-6-8(9)10;1-2-6-9-8(4-1)5-3-7-10-9/h4-7H,3,10H2,1-2H3;1-7H. The van der Waals surface area contributed by atoms with Crippen LogP contribution in [0.3, 0.4) is 0 Å². The zero-order valence-electron chi connectivity index (χ0n) is 12.5. The van der Waals surface area contributed by atoms with E-state index in [1.165, 1.54) is 5.39 Å². The van der Waals surface area contributed by atoms with Gasteiger partial charge in [-0.2, -0.15) is 0 Å². The minimum atomic E-state index is 0.844. The lowest BCUT2D eigenvalue weighted by atomic mass is 10.2. The second-order valence-electron chi connectivity index (χ2n) is 4.77. The molecule has 3 heteroatoms. The second-order valence-corrected chi connectivity index (χ2v) is 4.77. The number of hydrogen-bond donors (Lipinski definition) is 1. The number of fused-ring (bicyclic) bond motifs is 1. The number of aromatic nitrogens is 1. The minimum absolute atomic E-state index is 0.844. The zero-order valence-corrected chi connectivity index (χ0v) is 12.5. The molecule has 3 nitrogen and oxygen atoms in total. The minimum Gasteiger partial charge on any atom is -0.397 e. The summed E-state index contributed by atoms with van der Waals surface area (Å²) in [6.07, 6.45) is 1.81. The molecule has 0 radical (unpaired) electrons. The molecular weight excluding hydrogens is 258 g/mol. The highest BCUT2D eigenvalue weighted by atomic mass is 15.1. The van der Waals surface area contributed by atoms with E-state index in [2.05, 4.69) is 28.9 Å². The van der Waals surface area contributed by atoms with Crippen LogP contribution in [0.4, 0.5) is 11.4 Å². The van der Waals surface area contributed by atoms with Crippen LogP contribution < -0.4 is 10.6 Å². The number of rotatable bonds is 2. The molecule has 0 spiro atoms. The Kier molecular flexibility index (Phi) is 5.16. The molecule has 1 heterocycles. The lowest BCUT2D eigenvalue weighted by Crippen LogP contribution is -2.16. The molecule has 21 heavy (non-hydrogen) atoms. The maximum absolute atomic E-state index is 5.76. The van der Waals surface area contributed by atoms with E-state index >= 15 is 0 Å². The van der Waals surface area contributed by atoms with E-state index in [9.17, 15) is 0 Å². The quantitative estimate of drug-likeness (QED) is 0.722. The van der Waals surface area contributed by atoms with Crippen molar-refractivity contribution in [3.05, 3.63) is 66.9 Å². The number of nitrogens with zero attached hydrogens (tertiary/aromatic N) is 2. The molecule has 0 aliphatic heterocycles. The predicted molar refractivity (Wildman–Crippen MR) is 91.5 cm³/mol. The zero-order chi connectivity index (χ0) is 15.1. The van der Waals surface area contributed by atoms with E-state index in [-0.39, 0.29) is 0 Å². The van der Waals surface area contributed by atoms with Crippen LogP contribution in [0.5, 0.6) is 0 Å². The monoisotopic (exact) mass is 279 g/mol. The first-order valence-corrected chi connectivity index (χ1v) is 7.07. The van der Waals surface area contributed by atoms with Crippen LogP contribution >= 0.6 is 0 Å². The average Bonchev–Trinajstić information content (AvgIpc) is 2.55. The van der Waals surface area contributed by atoms with Crippen molar-refractivity contribution in [1.82, 2.24) is 4.98 Å². The van der Waals surface area contributed by atoms with Crippen molar-refractivity contribution in [2.45, 2.75) is 6.92 Å². The van der Waals surface area contributed by atoms with Gasteiger partial charge < -0.3 is 10.6 Å². The molecular formula is C18H21N3. The SMILES string of the molecule is CCN(C)c1ccccc1N.c1ccc2ncccc2c1. The molecule has 3 aromatic rings. The number of nitrogens with two attached hydrogens (primary N) is 1. The summed E-state index contributed by atoms with van der Waals surface area (Å²) in [6, 6.07) is 20.0. The van der Waals surface area contributed by atoms with Crippen LogP contribution in [0.2, 0.25) is 0 Å². The lowest BCUT2D eigenvalue weighted by Gasteiger charge is -2.18. The van der Waals surface area contributed by atoms with Crippen molar-refractivity contribution in [3.8, 4) is 0 Å². The summed E-state index contributed by atoms with van der Waals surface area (Å²) in [6.45, 7) is 3.08. The van der Waals surface area contributed by atoms with Gasteiger partial charge in [-0.05, 0) is 31.2 Å². The number of benzene rings is 2. The van der Waals surface area contributed by atoms with Crippen LogP contribution in [0.1, 0.15) is 6.92 Å². The number of pyridine rings is 1. The highest BCUT2D eigenvalue weighted by Gasteiger charge is 1.99. The Bertz CT molecular complexity index is 629. The van der Waals surface area contributed by atoms with E-state index in [4.69, 9.17) is 5.73 Å². The molecule has 0 aliphatic rings. The fourth-order valence-corrected chi connectivity index (χ4v) is 2.02. The second kappa shape index (κ2) is 7.29. The third kappa shape index (κ3) is 3.96. The fourth-order valence-electron chi connectivity index (χ4n) is 2.02. The average molecular weight is 279 g/mol. The summed E-state index contributed by atoms with van der Waals surface area (Å²) in [5.74, 6) is 0. The molecule has 0 atom stereocenters. The number of nitrogen functional groups attached to an aromatic ring is 1. The summed E-state index contributed by atoms with van der Waals surface area (Å²) in [5.41, 5.74) is 8.77. The lowest BCUT2D eigenvalue weighted by molar-refractivity contribution is 0.970. The summed E-state index contributed by atoms with van der Waals surface area (Å²) in [5, 5.41) is 1.20. The molecule has 1 aromatic heterocycles. The maximum atomic E-state index is 5.76. The van der Waals surface area contributed by atoms with Gasteiger partial charge in [0.25, 0.3) is 0 Å². The molecule has 108 valence electrons. The van der Waals surface area contributed by atoms with Crippen molar-refractivity contribution >= 4 is 22.3 Å². The van der Waals surface area contributed by atoms with E-state index in [1.54, 1.807) is 0 Å². The molecule has 0 fully saturated rings. The Balaban J connectivity index is 0.000000154. The molecule has 0 unspecified atom stereocenters. The predicted octanol–water partition coefficient (Wildman–Crippen LogP) is 3.96. The highest BCUT2D eigenvalue weighted by molar-refractivity contribution is 5.77. The molecule has 2 aromatic carbocycles. The summed E-state index contributed by atoms with van der Waals surface area (Å²) >= 11 is 0. The Morgan fingerprint density at radius 3 is 2.33 bits per heavy atom. The molecule has 3 rings (SSSR count). The van der Waals surface area contributed by atoms with Crippen molar-refractivity contribution in [3.63, 3.8) is 0 Å². The Hall–Kier alpha value is -2.55. The van der Waals surface area contributed by atoms with E-state index in [0.29, 0.717) is 0 Å². The van der Waals surface area contributed by atoms with Gasteiger partial charge in [-0.25, -0.2) is 0 Å². The van der Waals surface area contributed by atoms with E-state index < -0.39 is 0 Å². The smallest absolute Gasteiger partial charge is 0.0701 e. The van der Waals surface area contributed by atoms with Crippen LogP contribution in [0, 0.1) is 0 Å². The molecule has 0 amide bonds. The molecule has 2 N–H and O–H groups in total. The largest absolute Gasteiger partial charge is 0.397 e. The topological polar surface area (TPSA) is 42.1 Å². The van der Waals surface area contributed by atoms with Gasteiger partial charge in [-0.15, -0.1) is 0 Å². The van der Waals surface area contributed by atoms with E-state index in [0.717, 1.165) is 23.4 Å². The Morgan fingerprint density at radius 2 is 1.62 bits per heavy atom. The summed E-state index contributed by atoms with van der Waals surface area (Å²) in [4.78, 5) is 6.30. The van der Waals surface area contributed by atoms with E-state index in [1.807, 2.05) is 61.8 Å². The molecule has 0 aliphatic carbocycles. The highest BCUT2D eigenvalue weighted by Crippen LogP contribution is 2.20. The molecule has 0 saturated heterocycles. The maximum Gasteiger partial charge on any atom is 0.0701 e. The number of para-hydroxylation sites is 3. The van der Waals surface area contributed by atoms with Gasteiger partial charge in [0.05, 0.1) is 16.9 Å². The van der Waals surface area contributed by atoms with Crippen molar-refractivity contribution in [2.24, 2.45) is 0 Å². The summed E-state index contributed by atoms with van der Waals surface area (Å²) < 4.78 is 0. The van der Waals surface area contributed by atoms with Crippen LogP contribution in [0.15, 0.2) is 66.9 Å². The van der Waals surface area contributed by atoms with Gasteiger partial charge >= 0.3 is 0 Å². The van der Waals surface area contributed by atoms with Gasteiger partial charge in [0.2, 0.25) is 0 Å². The number of anilines is 2. The Morgan fingerprint density at radius 1 is 0.952 bits per heavy atom. The summed E-state index contributed by atoms with van der Waals surface area (Å²) in [7, 11) is 2.03. The van der Waals surface area contributed by atoms with Gasteiger partial charge in [0, 0.05) is 25.2 Å². The third-order valence-electron chi connectivity index (χ3n) is 3.33. The first kappa shape index (κ1) is 14.9. The van der Waals surface area contributed by atoms with Crippen LogP contribution in [-0.2, 0) is 0 Å². The van der Waals surface area contributed by atoms with Gasteiger partial charge in [-0.1, -0.05) is 36.4 Å². The van der Waals surface area contributed by atoms with Crippen LogP contribution in [0.25, 0.3) is 10.9 Å². The van der Waals surface area contributed by atoms with Crippen molar-refractivity contribution in [1.29, 1.82) is 0 Å². The first-order valence-electron chi connectivity index (χ1n) is 7.07. The normalized spacial score (nSPS) is 9.81. The van der Waals surface area contributed by atoms with Crippen molar-refractivity contribution in [2.75, 3.05) is 24.2 Å². The van der Waals surface area contributed by atoms with Gasteiger partial charge in [0.15, 0.2) is 0 Å². The Labute approximate surface area is 126 Å².